The van der Waals surface area contributed by atoms with Crippen molar-refractivity contribution in [2.24, 2.45) is 0 Å². The number of halogens is 1. The van der Waals surface area contributed by atoms with Gasteiger partial charge in [0.05, 0.1) is 29.0 Å². The zero-order chi connectivity index (χ0) is 23.5. The monoisotopic (exact) mass is 477 g/mol. The Labute approximate surface area is 191 Å². The summed E-state index contributed by atoms with van der Waals surface area (Å²) < 4.78 is 37.6. The molecule has 0 saturated carbocycles. The molecule has 3 aromatic rings. The number of aliphatic hydroxyl groups is 1. The molecule has 0 fully saturated rings. The fraction of sp³-hybridized carbons (Fsp3) is 0.261. The van der Waals surface area contributed by atoms with Gasteiger partial charge in [-0.05, 0) is 61.9 Å². The van der Waals surface area contributed by atoms with E-state index in [4.69, 9.17) is 21.1 Å². The number of rotatable bonds is 8. The summed E-state index contributed by atoms with van der Waals surface area (Å²) in [6, 6.07) is 13.7. The first-order valence-electron chi connectivity index (χ1n) is 9.72. The van der Waals surface area contributed by atoms with Crippen LogP contribution in [-0.2, 0) is 15.6 Å². The van der Waals surface area contributed by atoms with Gasteiger partial charge in [0.2, 0.25) is 0 Å². The number of nitrogens with zero attached hydrogens (tertiary/aromatic N) is 1. The van der Waals surface area contributed by atoms with E-state index in [0.29, 0.717) is 27.8 Å². The first kappa shape index (κ1) is 23.8. The number of sulfone groups is 1. The normalized spacial score (nSPS) is 11.9. The molecule has 0 aliphatic rings. The van der Waals surface area contributed by atoms with Crippen LogP contribution in [0, 0.1) is 0 Å². The molecule has 1 aromatic heterocycles. The molecule has 0 unspecified atom stereocenters. The van der Waals surface area contributed by atoms with Crippen molar-refractivity contribution in [1.82, 2.24) is 4.57 Å². The highest BCUT2D eigenvalue weighted by Gasteiger charge is 2.18. The van der Waals surface area contributed by atoms with Crippen molar-refractivity contribution < 1.29 is 23.0 Å². The third-order valence-corrected chi connectivity index (χ3v) is 6.48. The van der Waals surface area contributed by atoms with E-state index < -0.39 is 15.4 Å². The van der Waals surface area contributed by atoms with Crippen molar-refractivity contribution in [3.05, 3.63) is 81.7 Å². The van der Waals surface area contributed by atoms with E-state index in [1.807, 2.05) is 0 Å². The van der Waals surface area contributed by atoms with E-state index in [1.54, 1.807) is 38.1 Å². The van der Waals surface area contributed by atoms with E-state index in [1.165, 1.54) is 48.2 Å². The molecule has 0 saturated heterocycles. The van der Waals surface area contributed by atoms with Gasteiger partial charge in [-0.2, -0.15) is 0 Å². The molecule has 170 valence electrons. The van der Waals surface area contributed by atoms with Crippen LogP contribution in [0.3, 0.4) is 0 Å². The van der Waals surface area contributed by atoms with Crippen LogP contribution in [0.4, 0.5) is 0 Å². The van der Waals surface area contributed by atoms with Crippen LogP contribution >= 0.6 is 11.6 Å². The van der Waals surface area contributed by atoms with E-state index in [2.05, 4.69) is 0 Å². The Morgan fingerprint density at radius 3 is 2.31 bits per heavy atom. The lowest BCUT2D eigenvalue weighted by Crippen LogP contribution is -2.28. The summed E-state index contributed by atoms with van der Waals surface area (Å²) in [5, 5.41) is 10.3. The van der Waals surface area contributed by atoms with Crippen molar-refractivity contribution >= 4 is 21.4 Å². The van der Waals surface area contributed by atoms with Gasteiger partial charge in [-0.1, -0.05) is 11.6 Å². The van der Waals surface area contributed by atoms with Gasteiger partial charge in [0.1, 0.15) is 6.61 Å². The van der Waals surface area contributed by atoms with Gasteiger partial charge >= 0.3 is 0 Å². The highest BCUT2D eigenvalue weighted by molar-refractivity contribution is 7.90. The van der Waals surface area contributed by atoms with Crippen molar-refractivity contribution in [3.8, 4) is 17.2 Å². The van der Waals surface area contributed by atoms with Gasteiger partial charge in [-0.3, -0.25) is 9.36 Å². The first-order chi connectivity index (χ1) is 15.0. The van der Waals surface area contributed by atoms with Gasteiger partial charge in [0, 0.05) is 23.4 Å². The van der Waals surface area contributed by atoms with Gasteiger partial charge in [0.25, 0.3) is 5.56 Å². The fourth-order valence-corrected chi connectivity index (χ4v) is 4.41. The Balaban J connectivity index is 1.85. The molecule has 2 aromatic carbocycles. The van der Waals surface area contributed by atoms with Crippen molar-refractivity contribution in [3.63, 3.8) is 0 Å². The highest BCUT2D eigenvalue weighted by Crippen LogP contribution is 2.30. The van der Waals surface area contributed by atoms with Crippen LogP contribution in [0.1, 0.15) is 19.4 Å². The molecule has 0 aliphatic heterocycles. The van der Waals surface area contributed by atoms with Crippen LogP contribution in [0.25, 0.3) is 5.69 Å². The Bertz CT molecular complexity index is 1260. The third kappa shape index (κ3) is 5.91. The van der Waals surface area contributed by atoms with Gasteiger partial charge in [-0.25, -0.2) is 8.42 Å². The summed E-state index contributed by atoms with van der Waals surface area (Å²) >= 11 is 5.82. The Kier molecular flexibility index (Phi) is 6.97. The average molecular weight is 478 g/mol. The quantitative estimate of drug-likeness (QED) is 0.532. The van der Waals surface area contributed by atoms with Crippen LogP contribution in [-0.4, -0.2) is 37.4 Å². The van der Waals surface area contributed by atoms with Crippen molar-refractivity contribution in [2.45, 2.75) is 30.1 Å². The number of hydrogen-bond donors (Lipinski definition) is 1. The molecule has 1 heterocycles. The predicted molar refractivity (Wildman–Crippen MR) is 123 cm³/mol. The number of methoxy groups -OCH3 is 1. The summed E-state index contributed by atoms with van der Waals surface area (Å²) in [6.45, 7) is 3.32. The fourth-order valence-electron chi connectivity index (χ4n) is 2.95. The lowest BCUT2D eigenvalue weighted by molar-refractivity contribution is 0.0276. The molecule has 0 aliphatic carbocycles. The van der Waals surface area contributed by atoms with Gasteiger partial charge < -0.3 is 14.6 Å². The lowest BCUT2D eigenvalue weighted by atomic mass is 10.2. The maximum atomic E-state index is 12.7. The lowest BCUT2D eigenvalue weighted by Gasteiger charge is -2.19. The minimum Gasteiger partial charge on any atom is -0.493 e. The van der Waals surface area contributed by atoms with Gasteiger partial charge in [0.15, 0.2) is 21.3 Å². The Morgan fingerprint density at radius 2 is 1.72 bits per heavy atom. The molecule has 32 heavy (non-hydrogen) atoms. The second-order valence-electron chi connectivity index (χ2n) is 7.89. The third-order valence-electron chi connectivity index (χ3n) is 4.52. The number of ether oxygens (including phenoxy) is 2. The zero-order valence-electron chi connectivity index (χ0n) is 17.9. The van der Waals surface area contributed by atoms with E-state index >= 15 is 0 Å². The van der Waals surface area contributed by atoms with Crippen LogP contribution in [0.5, 0.6) is 11.5 Å². The second kappa shape index (κ2) is 9.36. The number of pyridine rings is 1. The summed E-state index contributed by atoms with van der Waals surface area (Å²) in [5.41, 5.74) is -0.503. The van der Waals surface area contributed by atoms with E-state index in [0.717, 1.165) is 0 Å². The topological polar surface area (TPSA) is 94.8 Å². The summed E-state index contributed by atoms with van der Waals surface area (Å²) in [4.78, 5) is 12.8. The average Bonchev–Trinajstić information content (AvgIpc) is 2.72. The highest BCUT2D eigenvalue weighted by atomic mass is 35.5. The van der Waals surface area contributed by atoms with Crippen LogP contribution in [0.2, 0.25) is 5.02 Å². The minimum absolute atomic E-state index is 0.0689. The smallest absolute Gasteiger partial charge is 0.255 e. The molecule has 0 radical (unpaired) electrons. The molecule has 0 amide bonds. The number of benzene rings is 2. The van der Waals surface area contributed by atoms with E-state index in [9.17, 15) is 18.3 Å². The van der Waals surface area contributed by atoms with Gasteiger partial charge in [-0.15, -0.1) is 0 Å². The minimum atomic E-state index is -3.62. The molecule has 1 N–H and O–H groups in total. The summed E-state index contributed by atoms with van der Waals surface area (Å²) in [7, 11) is -2.15. The molecule has 7 nitrogen and oxygen atoms in total. The maximum absolute atomic E-state index is 12.7. The van der Waals surface area contributed by atoms with Crippen molar-refractivity contribution in [2.75, 3.05) is 13.7 Å². The largest absolute Gasteiger partial charge is 0.493 e. The molecule has 0 atom stereocenters. The van der Waals surface area contributed by atoms with Crippen molar-refractivity contribution in [1.29, 1.82) is 0 Å². The Hall–Kier alpha value is -2.81. The predicted octanol–water partition coefficient (Wildman–Crippen LogP) is 3.62. The molecule has 3 rings (SSSR count). The second-order valence-corrected chi connectivity index (χ2v) is 10.3. The SMILES string of the molecule is COc1cc(-n2ccc(CS(=O)(=O)c3ccc(Cl)cc3)cc2=O)ccc1OCC(C)(C)O. The molecule has 0 spiro atoms. The number of hydrogen-bond acceptors (Lipinski definition) is 6. The molecule has 0 bridgehead atoms. The summed E-state index contributed by atoms with van der Waals surface area (Å²) in [6.07, 6.45) is 1.52. The first-order valence-corrected chi connectivity index (χ1v) is 11.7. The number of aromatic nitrogens is 1. The van der Waals surface area contributed by atoms with E-state index in [-0.39, 0.29) is 22.8 Å². The summed E-state index contributed by atoms with van der Waals surface area (Å²) in [5.74, 6) is 0.516. The van der Waals surface area contributed by atoms with Crippen LogP contribution in [0.15, 0.2) is 70.5 Å². The molecule has 9 heteroatoms. The zero-order valence-corrected chi connectivity index (χ0v) is 19.5. The molecular weight excluding hydrogens is 454 g/mol. The Morgan fingerprint density at radius 1 is 1.03 bits per heavy atom. The van der Waals surface area contributed by atoms with Crippen LogP contribution < -0.4 is 15.0 Å². The molecular formula is C23H24ClNO6S. The standard InChI is InChI=1S/C23H24ClNO6S/c1-23(2,27)15-31-20-9-6-18(13-21(20)30-3)25-11-10-16(12-22(25)26)14-32(28,29)19-7-4-17(24)5-8-19/h4-13,27H,14-15H2,1-3H3. The maximum Gasteiger partial charge on any atom is 0.255 e.